The highest BCUT2D eigenvalue weighted by Gasteiger charge is 2.34. The van der Waals surface area contributed by atoms with Crippen molar-refractivity contribution in [3.05, 3.63) is 30.7 Å². The zero-order chi connectivity index (χ0) is 13.4. The second-order valence-corrected chi connectivity index (χ2v) is 5.19. The van der Waals surface area contributed by atoms with Crippen molar-refractivity contribution in [2.45, 2.75) is 12.7 Å². The highest BCUT2D eigenvalue weighted by atomic mass is 35.5. The average Bonchev–Trinajstić information content (AvgIpc) is 2.33. The third-order valence-electron chi connectivity index (χ3n) is 2.44. The molecule has 0 spiro atoms. The van der Waals surface area contributed by atoms with Crippen LogP contribution in [0.4, 0.5) is 0 Å². The van der Waals surface area contributed by atoms with Crippen LogP contribution in [-0.2, 0) is 15.3 Å². The second kappa shape index (κ2) is 5.70. The van der Waals surface area contributed by atoms with Crippen LogP contribution < -0.4 is 0 Å². The van der Waals surface area contributed by atoms with E-state index in [1.165, 1.54) is 14.2 Å². The molecule has 1 aromatic carbocycles. The van der Waals surface area contributed by atoms with Crippen LogP contribution in [0.1, 0.15) is 12.5 Å². The Labute approximate surface area is 125 Å². The van der Waals surface area contributed by atoms with Crippen LogP contribution in [0.5, 0.6) is 0 Å². The van der Waals surface area contributed by atoms with Gasteiger partial charge in [-0.25, -0.2) is 0 Å². The molecular weight excluding hydrogens is 329 g/mol. The maximum atomic E-state index is 6.10. The summed E-state index contributed by atoms with van der Waals surface area (Å²) in [5, 5.41) is 0.618. The number of rotatable bonds is 3. The first kappa shape index (κ1) is 15.6. The summed E-state index contributed by atoms with van der Waals surface area (Å²) in [6.45, 7) is 1.64. The van der Waals surface area contributed by atoms with Gasteiger partial charge in [-0.3, -0.25) is 0 Å². The van der Waals surface area contributed by atoms with E-state index in [2.05, 4.69) is 0 Å². The normalized spacial score (nSPS) is 12.0. The first-order valence-electron chi connectivity index (χ1n) is 4.42. The van der Waals surface area contributed by atoms with Gasteiger partial charge in [0.2, 0.25) is 0 Å². The SMILES string of the molecule is COC(C)(OC)c1c(Cl)c(Cl)c(Cl)c(Cl)c1Cl. The highest BCUT2D eigenvalue weighted by Crippen LogP contribution is 2.48. The lowest BCUT2D eigenvalue weighted by Crippen LogP contribution is -2.27. The van der Waals surface area contributed by atoms with E-state index in [4.69, 9.17) is 67.5 Å². The third-order valence-corrected chi connectivity index (χ3v) is 4.72. The van der Waals surface area contributed by atoms with Gasteiger partial charge in [0.05, 0.1) is 30.7 Å². The van der Waals surface area contributed by atoms with Crippen LogP contribution in [0.25, 0.3) is 0 Å². The number of hydrogen-bond donors (Lipinski definition) is 0. The predicted molar refractivity (Wildman–Crippen MR) is 72.9 cm³/mol. The van der Waals surface area contributed by atoms with Gasteiger partial charge in [-0.1, -0.05) is 58.0 Å². The Morgan fingerprint density at radius 2 is 1.00 bits per heavy atom. The van der Waals surface area contributed by atoms with Crippen molar-refractivity contribution in [3.8, 4) is 0 Å². The maximum absolute atomic E-state index is 6.10. The van der Waals surface area contributed by atoms with Crippen molar-refractivity contribution >= 4 is 58.0 Å². The van der Waals surface area contributed by atoms with Crippen molar-refractivity contribution in [1.29, 1.82) is 0 Å². The molecule has 7 heteroatoms. The second-order valence-electron chi connectivity index (χ2n) is 3.30. The molecule has 0 saturated heterocycles. The summed E-state index contributed by atoms with van der Waals surface area (Å²) in [7, 11) is 2.90. The fourth-order valence-electron chi connectivity index (χ4n) is 1.29. The fraction of sp³-hybridized carbons (Fsp3) is 0.400. The van der Waals surface area contributed by atoms with Crippen LogP contribution in [-0.4, -0.2) is 14.2 Å². The number of benzene rings is 1. The molecule has 1 aromatic rings. The van der Waals surface area contributed by atoms with Gasteiger partial charge in [0.1, 0.15) is 0 Å². The zero-order valence-electron chi connectivity index (χ0n) is 9.21. The molecule has 0 radical (unpaired) electrons. The quantitative estimate of drug-likeness (QED) is 0.416. The molecule has 0 aliphatic heterocycles. The van der Waals surface area contributed by atoms with Crippen LogP contribution in [0.3, 0.4) is 0 Å². The topological polar surface area (TPSA) is 18.5 Å². The molecule has 96 valence electrons. The van der Waals surface area contributed by atoms with Gasteiger partial charge >= 0.3 is 0 Å². The summed E-state index contributed by atoms with van der Waals surface area (Å²) in [6.07, 6.45) is 0. The van der Waals surface area contributed by atoms with Crippen molar-refractivity contribution in [2.24, 2.45) is 0 Å². The van der Waals surface area contributed by atoms with E-state index in [1.807, 2.05) is 0 Å². The number of methoxy groups -OCH3 is 2. The van der Waals surface area contributed by atoms with Gasteiger partial charge in [-0.05, 0) is 6.92 Å². The number of hydrogen-bond acceptors (Lipinski definition) is 2. The first-order valence-corrected chi connectivity index (χ1v) is 6.31. The Balaban J connectivity index is 3.65. The van der Waals surface area contributed by atoms with Gasteiger partial charge in [-0.2, -0.15) is 0 Å². The standard InChI is InChI=1S/C10H9Cl5O2/c1-10(16-2,17-3)4-5(11)7(13)9(15)8(14)6(4)12/h1-3H3. The van der Waals surface area contributed by atoms with E-state index in [0.29, 0.717) is 5.56 Å². The highest BCUT2D eigenvalue weighted by molar-refractivity contribution is 6.55. The summed E-state index contributed by atoms with van der Waals surface area (Å²) >= 11 is 30.0. The minimum absolute atomic E-state index is 0.0987. The molecular formula is C10H9Cl5O2. The summed E-state index contributed by atoms with van der Waals surface area (Å²) < 4.78 is 10.5. The Bertz CT molecular complexity index is 414. The molecule has 0 N–H and O–H groups in total. The third kappa shape index (κ3) is 2.64. The molecule has 0 atom stereocenters. The monoisotopic (exact) mass is 336 g/mol. The molecule has 1 rings (SSSR count). The lowest BCUT2D eigenvalue weighted by Gasteiger charge is -2.29. The zero-order valence-corrected chi connectivity index (χ0v) is 13.0. The van der Waals surface area contributed by atoms with E-state index in [1.54, 1.807) is 6.92 Å². The summed E-state index contributed by atoms with van der Waals surface area (Å²) in [4.78, 5) is 0. The summed E-state index contributed by atoms with van der Waals surface area (Å²) in [6, 6.07) is 0. The van der Waals surface area contributed by atoms with E-state index in [-0.39, 0.29) is 25.1 Å². The molecule has 0 saturated carbocycles. The Kier molecular flexibility index (Phi) is 5.25. The van der Waals surface area contributed by atoms with Crippen molar-refractivity contribution in [3.63, 3.8) is 0 Å². The first-order chi connectivity index (χ1) is 7.80. The molecule has 0 bridgehead atoms. The van der Waals surface area contributed by atoms with Gasteiger partial charge in [0, 0.05) is 14.2 Å². The molecule has 17 heavy (non-hydrogen) atoms. The van der Waals surface area contributed by atoms with Crippen molar-refractivity contribution in [2.75, 3.05) is 14.2 Å². The van der Waals surface area contributed by atoms with Crippen LogP contribution in [0, 0.1) is 0 Å². The Morgan fingerprint density at radius 3 is 1.29 bits per heavy atom. The lowest BCUT2D eigenvalue weighted by atomic mass is 10.1. The summed E-state index contributed by atoms with van der Waals surface area (Å²) in [5.74, 6) is -1.16. The Hall–Kier alpha value is 0.590. The number of ether oxygens (including phenoxy) is 2. The molecule has 0 aromatic heterocycles. The Morgan fingerprint density at radius 1 is 0.706 bits per heavy atom. The molecule has 0 fully saturated rings. The van der Waals surface area contributed by atoms with E-state index < -0.39 is 5.79 Å². The van der Waals surface area contributed by atoms with E-state index in [9.17, 15) is 0 Å². The lowest BCUT2D eigenvalue weighted by molar-refractivity contribution is -0.201. The van der Waals surface area contributed by atoms with Crippen molar-refractivity contribution < 1.29 is 9.47 Å². The molecule has 0 aliphatic carbocycles. The maximum Gasteiger partial charge on any atom is 0.194 e. The molecule has 0 unspecified atom stereocenters. The average molecular weight is 338 g/mol. The largest absolute Gasteiger partial charge is 0.349 e. The van der Waals surface area contributed by atoms with Crippen LogP contribution in [0.15, 0.2) is 0 Å². The van der Waals surface area contributed by atoms with Gasteiger partial charge in [-0.15, -0.1) is 0 Å². The van der Waals surface area contributed by atoms with E-state index >= 15 is 0 Å². The van der Waals surface area contributed by atoms with Gasteiger partial charge in [0.15, 0.2) is 5.79 Å². The van der Waals surface area contributed by atoms with Gasteiger partial charge < -0.3 is 9.47 Å². The molecule has 0 amide bonds. The van der Waals surface area contributed by atoms with Crippen molar-refractivity contribution in [1.82, 2.24) is 0 Å². The minimum atomic E-state index is -1.16. The predicted octanol–water partition coefficient (Wildman–Crippen LogP) is 5.42. The fourth-order valence-corrected chi connectivity index (χ4v) is 2.77. The van der Waals surface area contributed by atoms with Crippen LogP contribution >= 0.6 is 58.0 Å². The molecule has 0 heterocycles. The minimum Gasteiger partial charge on any atom is -0.349 e. The van der Waals surface area contributed by atoms with Gasteiger partial charge in [0.25, 0.3) is 0 Å². The summed E-state index contributed by atoms with van der Waals surface area (Å²) in [5.41, 5.74) is 0.338. The number of halogens is 5. The molecule has 2 nitrogen and oxygen atoms in total. The van der Waals surface area contributed by atoms with E-state index in [0.717, 1.165) is 0 Å². The molecule has 0 aliphatic rings. The van der Waals surface area contributed by atoms with Crippen LogP contribution in [0.2, 0.25) is 25.1 Å². The smallest absolute Gasteiger partial charge is 0.194 e.